The van der Waals surface area contributed by atoms with Gasteiger partial charge in [0, 0.05) is 12.6 Å². The molecule has 0 aliphatic heterocycles. The van der Waals surface area contributed by atoms with Crippen molar-refractivity contribution in [2.75, 3.05) is 7.11 Å². The van der Waals surface area contributed by atoms with E-state index in [4.69, 9.17) is 9.47 Å². The Bertz CT molecular complexity index is 1560. The number of hydrogen-bond donors (Lipinski definition) is 0. The first-order chi connectivity index (χ1) is 17.6. The fraction of sp³-hybridized carbons (Fsp3) is 0.222. The lowest BCUT2D eigenvalue weighted by atomic mass is 10.1. The monoisotopic (exact) mass is 483 g/mol. The molecular formula is C27H25N5O4. The number of carbonyl (C=O) groups excluding carboxylic acids is 1. The molecule has 3 aromatic heterocycles. The summed E-state index contributed by atoms with van der Waals surface area (Å²) < 4.78 is 13.5. The third kappa shape index (κ3) is 4.95. The van der Waals surface area contributed by atoms with Crippen molar-refractivity contribution in [2.45, 2.75) is 32.4 Å². The molecule has 0 fully saturated rings. The maximum atomic E-state index is 13.1. The van der Waals surface area contributed by atoms with E-state index < -0.39 is 0 Å². The van der Waals surface area contributed by atoms with Gasteiger partial charge in [0.2, 0.25) is 0 Å². The largest absolute Gasteiger partial charge is 0.497 e. The van der Waals surface area contributed by atoms with Gasteiger partial charge < -0.3 is 9.47 Å². The number of benzene rings is 2. The molecule has 36 heavy (non-hydrogen) atoms. The van der Waals surface area contributed by atoms with Crippen LogP contribution in [0.15, 0.2) is 78.0 Å². The van der Waals surface area contributed by atoms with Crippen LogP contribution in [0, 0.1) is 0 Å². The van der Waals surface area contributed by atoms with Gasteiger partial charge in [-0.15, -0.1) is 0 Å². The first kappa shape index (κ1) is 23.2. The second-order valence-corrected chi connectivity index (χ2v) is 8.43. The molecule has 0 bridgehead atoms. The molecule has 9 heteroatoms. The second-order valence-electron chi connectivity index (χ2n) is 8.43. The smallest absolute Gasteiger partial charge is 0.352 e. The number of carbonyl (C=O) groups is 1. The molecule has 0 amide bonds. The molecule has 0 N–H and O–H groups in total. The molecule has 5 rings (SSSR count). The average Bonchev–Trinajstić information content (AvgIpc) is 3.41. The first-order valence-electron chi connectivity index (χ1n) is 11.7. The summed E-state index contributed by atoms with van der Waals surface area (Å²) in [6.45, 7) is 0.600. The lowest BCUT2D eigenvalue weighted by Gasteiger charge is -2.12. The van der Waals surface area contributed by atoms with Crippen LogP contribution in [0.5, 0.6) is 5.75 Å². The summed E-state index contributed by atoms with van der Waals surface area (Å²) in [6.07, 6.45) is 4.68. The van der Waals surface area contributed by atoms with Crippen molar-refractivity contribution < 1.29 is 14.3 Å². The number of hydrogen-bond acceptors (Lipinski definition) is 7. The predicted octanol–water partition coefficient (Wildman–Crippen LogP) is 3.56. The third-order valence-electron chi connectivity index (χ3n) is 5.97. The molecule has 2 aromatic carbocycles. The highest BCUT2D eigenvalue weighted by atomic mass is 16.5. The molecule has 182 valence electrons. The summed E-state index contributed by atoms with van der Waals surface area (Å²) in [5.74, 6) is 0.509. The summed E-state index contributed by atoms with van der Waals surface area (Å²) in [5.41, 5.74) is 3.51. The number of ether oxygens (including phenoxy) is 2. The molecule has 5 aromatic rings. The lowest BCUT2D eigenvalue weighted by Crippen LogP contribution is -2.29. The Morgan fingerprint density at radius 1 is 0.944 bits per heavy atom. The molecule has 0 aliphatic rings. The van der Waals surface area contributed by atoms with Gasteiger partial charge in [-0.05, 0) is 47.7 Å². The van der Waals surface area contributed by atoms with Crippen molar-refractivity contribution in [3.8, 4) is 5.75 Å². The molecule has 0 saturated heterocycles. The van der Waals surface area contributed by atoms with Gasteiger partial charge >= 0.3 is 11.7 Å². The summed E-state index contributed by atoms with van der Waals surface area (Å²) in [4.78, 5) is 34.2. The van der Waals surface area contributed by atoms with Gasteiger partial charge in [-0.2, -0.15) is 9.61 Å². The fourth-order valence-corrected chi connectivity index (χ4v) is 4.09. The highest BCUT2D eigenvalue weighted by molar-refractivity contribution is 5.89. The van der Waals surface area contributed by atoms with Crippen LogP contribution in [0.25, 0.3) is 16.7 Å². The van der Waals surface area contributed by atoms with Gasteiger partial charge in [-0.25, -0.2) is 14.8 Å². The number of fused-ring (bicyclic) bond motifs is 3. The zero-order chi connectivity index (χ0) is 24.9. The summed E-state index contributed by atoms with van der Waals surface area (Å²) in [5, 5.41) is 4.85. The molecule has 0 spiro atoms. The van der Waals surface area contributed by atoms with E-state index in [0.717, 1.165) is 27.8 Å². The van der Waals surface area contributed by atoms with Crippen molar-refractivity contribution in [1.82, 2.24) is 24.1 Å². The van der Waals surface area contributed by atoms with Crippen LogP contribution < -0.4 is 10.4 Å². The van der Waals surface area contributed by atoms with Crippen LogP contribution in [0.1, 0.15) is 29.5 Å². The van der Waals surface area contributed by atoms with Gasteiger partial charge in [-0.1, -0.05) is 42.5 Å². The van der Waals surface area contributed by atoms with E-state index in [-0.39, 0.29) is 18.3 Å². The maximum absolute atomic E-state index is 13.1. The number of rotatable bonds is 9. The Morgan fingerprint density at radius 2 is 1.75 bits per heavy atom. The minimum atomic E-state index is -0.313. The number of aryl methyl sites for hydroxylation is 1. The third-order valence-corrected chi connectivity index (χ3v) is 5.97. The Hall–Kier alpha value is -4.53. The number of methoxy groups -OCH3 is 1. The zero-order valence-electron chi connectivity index (χ0n) is 19.8. The van der Waals surface area contributed by atoms with E-state index in [2.05, 4.69) is 15.1 Å². The van der Waals surface area contributed by atoms with Crippen LogP contribution in [0.2, 0.25) is 0 Å². The molecule has 0 atom stereocenters. The molecule has 0 unspecified atom stereocenters. The molecule has 9 nitrogen and oxygen atoms in total. The maximum Gasteiger partial charge on any atom is 0.352 e. The van der Waals surface area contributed by atoms with Gasteiger partial charge in [0.05, 0.1) is 19.0 Å². The van der Waals surface area contributed by atoms with Crippen molar-refractivity contribution in [1.29, 1.82) is 0 Å². The SMILES string of the molecule is COc1ccc(Cn2c(=O)n3ncnc3c3cc(CCCC(=O)OCc4ccccc4)cnc32)cc1. The number of pyridine rings is 1. The normalized spacial score (nSPS) is 11.1. The van der Waals surface area contributed by atoms with Crippen LogP contribution in [-0.4, -0.2) is 37.2 Å². The van der Waals surface area contributed by atoms with Gasteiger partial charge in [0.1, 0.15) is 24.3 Å². The van der Waals surface area contributed by atoms with Gasteiger partial charge in [0.25, 0.3) is 0 Å². The van der Waals surface area contributed by atoms with Crippen molar-refractivity contribution in [3.05, 3.63) is 100 Å². The quantitative estimate of drug-likeness (QED) is 0.296. The van der Waals surface area contributed by atoms with Gasteiger partial charge in [-0.3, -0.25) is 9.36 Å². The van der Waals surface area contributed by atoms with Crippen LogP contribution in [-0.2, 0) is 29.1 Å². The molecule has 0 saturated carbocycles. The van der Waals surface area contributed by atoms with Crippen molar-refractivity contribution >= 4 is 22.6 Å². The Kier molecular flexibility index (Phi) is 6.70. The molecule has 3 heterocycles. The summed E-state index contributed by atoms with van der Waals surface area (Å²) >= 11 is 0. The Labute approximate surface area is 207 Å². The predicted molar refractivity (Wildman–Crippen MR) is 134 cm³/mol. The van der Waals surface area contributed by atoms with Crippen molar-refractivity contribution in [3.63, 3.8) is 0 Å². The highest BCUT2D eigenvalue weighted by Crippen LogP contribution is 2.19. The van der Waals surface area contributed by atoms with E-state index in [0.29, 0.717) is 37.1 Å². The Balaban J connectivity index is 1.33. The number of aromatic nitrogens is 5. The number of esters is 1. The topological polar surface area (TPSA) is 101 Å². The number of nitrogens with zero attached hydrogens (tertiary/aromatic N) is 5. The van der Waals surface area contributed by atoms with Gasteiger partial charge in [0.15, 0.2) is 5.65 Å². The van der Waals surface area contributed by atoms with Crippen LogP contribution in [0.3, 0.4) is 0 Å². The molecule has 0 radical (unpaired) electrons. The minimum absolute atomic E-state index is 0.235. The second kappa shape index (κ2) is 10.4. The Morgan fingerprint density at radius 3 is 2.53 bits per heavy atom. The van der Waals surface area contributed by atoms with Crippen LogP contribution >= 0.6 is 0 Å². The summed E-state index contributed by atoms with van der Waals surface area (Å²) in [7, 11) is 1.61. The van der Waals surface area contributed by atoms with Crippen LogP contribution in [0.4, 0.5) is 0 Å². The highest BCUT2D eigenvalue weighted by Gasteiger charge is 2.15. The summed E-state index contributed by atoms with van der Waals surface area (Å²) in [6, 6.07) is 19.1. The zero-order valence-corrected chi connectivity index (χ0v) is 19.8. The fourth-order valence-electron chi connectivity index (χ4n) is 4.09. The molecule has 0 aliphatic carbocycles. The van der Waals surface area contributed by atoms with E-state index in [1.807, 2.05) is 60.7 Å². The minimum Gasteiger partial charge on any atom is -0.497 e. The molecular weight excluding hydrogens is 458 g/mol. The van der Waals surface area contributed by atoms with E-state index in [1.54, 1.807) is 17.9 Å². The first-order valence-corrected chi connectivity index (χ1v) is 11.7. The lowest BCUT2D eigenvalue weighted by molar-refractivity contribution is -0.145. The average molecular weight is 484 g/mol. The van der Waals surface area contributed by atoms with Crippen molar-refractivity contribution in [2.24, 2.45) is 0 Å². The van der Waals surface area contributed by atoms with E-state index in [1.165, 1.54) is 10.8 Å². The van der Waals surface area contributed by atoms with E-state index in [9.17, 15) is 9.59 Å². The standard InChI is InChI=1S/C27H25N5O4/c1-35-22-12-10-19(11-13-22)16-31-25-23(26-29-18-30-32(26)27(31)34)14-21(15-28-25)8-5-9-24(33)36-17-20-6-3-2-4-7-20/h2-4,6-7,10-15,18H,5,8-9,16-17H2,1H3. The van der Waals surface area contributed by atoms with E-state index >= 15 is 0 Å².